The molecule has 1 aromatic heterocycles. The van der Waals surface area contributed by atoms with Crippen LogP contribution in [0.5, 0.6) is 5.75 Å². The van der Waals surface area contributed by atoms with Crippen LogP contribution in [0.3, 0.4) is 0 Å². The van der Waals surface area contributed by atoms with Gasteiger partial charge in [0.2, 0.25) is 5.91 Å². The lowest BCUT2D eigenvalue weighted by Crippen LogP contribution is -2.30. The van der Waals surface area contributed by atoms with Crippen molar-refractivity contribution in [3.63, 3.8) is 0 Å². The Bertz CT molecular complexity index is 734. The maximum atomic E-state index is 11.9. The van der Waals surface area contributed by atoms with Crippen LogP contribution in [0.15, 0.2) is 48.8 Å². The molecule has 6 nitrogen and oxygen atoms in total. The van der Waals surface area contributed by atoms with E-state index in [1.807, 2.05) is 24.3 Å². The van der Waals surface area contributed by atoms with Crippen LogP contribution in [0.1, 0.15) is 18.4 Å². The number of hydrogen-bond acceptors (Lipinski definition) is 4. The number of hydrogen-bond donors (Lipinski definition) is 1. The molecule has 0 radical (unpaired) electrons. The molecular weight excluding hydrogens is 318 g/mol. The fourth-order valence-electron chi connectivity index (χ4n) is 2.75. The largest absolute Gasteiger partial charge is 0.484 e. The summed E-state index contributed by atoms with van der Waals surface area (Å²) in [7, 11) is 0. The number of amides is 2. The highest BCUT2D eigenvalue weighted by Gasteiger charge is 2.21. The molecule has 6 heteroatoms. The van der Waals surface area contributed by atoms with E-state index < -0.39 is 0 Å². The standard InChI is InChI=1S/C19H21N3O3/c23-18(21-10-8-15-4-2-9-20-13-15)14-25-17-6-1-5-16(12-17)22-11-3-7-19(22)24/h1-2,4-6,9,12-13H,3,7-8,10-11,14H2,(H,21,23). The molecular formula is C19H21N3O3. The molecule has 1 aliphatic heterocycles. The lowest BCUT2D eigenvalue weighted by atomic mass is 10.2. The van der Waals surface area contributed by atoms with Gasteiger partial charge >= 0.3 is 0 Å². The highest BCUT2D eigenvalue weighted by atomic mass is 16.5. The second kappa shape index (κ2) is 8.28. The van der Waals surface area contributed by atoms with Crippen molar-refractivity contribution in [3.05, 3.63) is 54.4 Å². The summed E-state index contributed by atoms with van der Waals surface area (Å²) in [6.45, 7) is 1.22. The molecule has 0 aliphatic carbocycles. The van der Waals surface area contributed by atoms with Gasteiger partial charge in [-0.25, -0.2) is 0 Å². The van der Waals surface area contributed by atoms with E-state index in [4.69, 9.17) is 4.74 Å². The molecule has 2 heterocycles. The van der Waals surface area contributed by atoms with Crippen molar-refractivity contribution >= 4 is 17.5 Å². The Labute approximate surface area is 146 Å². The first-order chi connectivity index (χ1) is 12.2. The third kappa shape index (κ3) is 4.79. The highest BCUT2D eigenvalue weighted by Crippen LogP contribution is 2.25. The number of carbonyl (C=O) groups is 2. The van der Waals surface area contributed by atoms with Crippen molar-refractivity contribution in [1.29, 1.82) is 0 Å². The molecule has 3 rings (SSSR count). The van der Waals surface area contributed by atoms with Crippen molar-refractivity contribution in [2.75, 3.05) is 24.6 Å². The summed E-state index contributed by atoms with van der Waals surface area (Å²) >= 11 is 0. The van der Waals surface area contributed by atoms with Crippen molar-refractivity contribution in [2.24, 2.45) is 0 Å². The van der Waals surface area contributed by atoms with Gasteiger partial charge in [0, 0.05) is 43.7 Å². The van der Waals surface area contributed by atoms with Crippen LogP contribution in [-0.4, -0.2) is 36.5 Å². The average molecular weight is 339 g/mol. The van der Waals surface area contributed by atoms with Gasteiger partial charge in [0.25, 0.3) is 5.91 Å². The Balaban J connectivity index is 1.45. The van der Waals surface area contributed by atoms with Crippen LogP contribution >= 0.6 is 0 Å². The summed E-state index contributed by atoms with van der Waals surface area (Å²) in [6, 6.07) is 11.1. The van der Waals surface area contributed by atoms with Gasteiger partial charge in [-0.15, -0.1) is 0 Å². The normalized spacial score (nSPS) is 13.8. The summed E-state index contributed by atoms with van der Waals surface area (Å²) in [5.74, 6) is 0.538. The summed E-state index contributed by atoms with van der Waals surface area (Å²) < 4.78 is 5.54. The molecule has 1 saturated heterocycles. The van der Waals surface area contributed by atoms with Gasteiger partial charge in [0.05, 0.1) is 0 Å². The second-order valence-electron chi connectivity index (χ2n) is 5.90. The average Bonchev–Trinajstić information content (AvgIpc) is 3.07. The minimum Gasteiger partial charge on any atom is -0.484 e. The summed E-state index contributed by atoms with van der Waals surface area (Å²) in [6.07, 6.45) is 5.70. The van der Waals surface area contributed by atoms with Crippen LogP contribution < -0.4 is 15.0 Å². The lowest BCUT2D eigenvalue weighted by Gasteiger charge is -2.16. The Morgan fingerprint density at radius 2 is 2.20 bits per heavy atom. The van der Waals surface area contributed by atoms with Crippen LogP contribution in [0.4, 0.5) is 5.69 Å². The number of aromatic nitrogens is 1. The van der Waals surface area contributed by atoms with Crippen LogP contribution in [0.2, 0.25) is 0 Å². The molecule has 0 unspecified atom stereocenters. The predicted octanol–water partition coefficient (Wildman–Crippen LogP) is 1.95. The Hall–Kier alpha value is -2.89. The minimum atomic E-state index is -0.174. The maximum absolute atomic E-state index is 11.9. The van der Waals surface area contributed by atoms with Crippen molar-refractivity contribution < 1.29 is 14.3 Å². The quantitative estimate of drug-likeness (QED) is 0.837. The number of anilines is 1. The van der Waals surface area contributed by atoms with Gasteiger partial charge < -0.3 is 15.0 Å². The molecule has 25 heavy (non-hydrogen) atoms. The third-order valence-electron chi connectivity index (χ3n) is 4.03. The van der Waals surface area contributed by atoms with Crippen LogP contribution in [0, 0.1) is 0 Å². The monoisotopic (exact) mass is 339 g/mol. The maximum Gasteiger partial charge on any atom is 0.257 e. The van der Waals surface area contributed by atoms with Crippen molar-refractivity contribution in [2.45, 2.75) is 19.3 Å². The number of pyridine rings is 1. The molecule has 1 N–H and O–H groups in total. The fraction of sp³-hybridized carbons (Fsp3) is 0.316. The number of benzene rings is 1. The van der Waals surface area contributed by atoms with Crippen molar-refractivity contribution in [3.8, 4) is 5.75 Å². The Morgan fingerprint density at radius 3 is 2.96 bits per heavy atom. The summed E-state index contributed by atoms with van der Waals surface area (Å²) in [5, 5.41) is 2.82. The number of ether oxygens (including phenoxy) is 1. The molecule has 1 aliphatic rings. The van der Waals surface area contributed by atoms with Gasteiger partial charge in [-0.1, -0.05) is 12.1 Å². The van der Waals surface area contributed by atoms with Crippen LogP contribution in [0.25, 0.3) is 0 Å². The Morgan fingerprint density at radius 1 is 1.28 bits per heavy atom. The molecule has 1 fully saturated rings. The predicted molar refractivity (Wildman–Crippen MR) is 94.5 cm³/mol. The molecule has 0 saturated carbocycles. The van der Waals surface area contributed by atoms with E-state index in [9.17, 15) is 9.59 Å². The van der Waals surface area contributed by atoms with Gasteiger partial charge in [-0.3, -0.25) is 14.6 Å². The number of nitrogens with zero attached hydrogens (tertiary/aromatic N) is 2. The number of carbonyl (C=O) groups excluding carboxylic acids is 2. The van der Waals surface area contributed by atoms with Gasteiger partial charge in [0.15, 0.2) is 6.61 Å². The first-order valence-electron chi connectivity index (χ1n) is 8.41. The Kier molecular flexibility index (Phi) is 5.61. The minimum absolute atomic E-state index is 0.0512. The van der Waals surface area contributed by atoms with E-state index in [0.717, 1.165) is 30.6 Å². The van der Waals surface area contributed by atoms with E-state index in [2.05, 4.69) is 10.3 Å². The number of rotatable bonds is 7. The van der Waals surface area contributed by atoms with Crippen molar-refractivity contribution in [1.82, 2.24) is 10.3 Å². The molecule has 0 bridgehead atoms. The fourth-order valence-corrected chi connectivity index (χ4v) is 2.75. The summed E-state index contributed by atoms with van der Waals surface area (Å²) in [4.78, 5) is 29.5. The zero-order valence-corrected chi connectivity index (χ0v) is 14.0. The zero-order valence-electron chi connectivity index (χ0n) is 14.0. The molecule has 2 amide bonds. The molecule has 130 valence electrons. The lowest BCUT2D eigenvalue weighted by molar-refractivity contribution is -0.123. The molecule has 0 atom stereocenters. The summed E-state index contributed by atoms with van der Waals surface area (Å²) in [5.41, 5.74) is 1.89. The molecule has 2 aromatic rings. The number of nitrogens with one attached hydrogen (secondary N) is 1. The first-order valence-corrected chi connectivity index (χ1v) is 8.41. The van der Waals surface area contributed by atoms with E-state index in [1.165, 1.54) is 0 Å². The third-order valence-corrected chi connectivity index (χ3v) is 4.03. The van der Waals surface area contributed by atoms with Gasteiger partial charge in [0.1, 0.15) is 5.75 Å². The zero-order chi connectivity index (χ0) is 17.5. The van der Waals surface area contributed by atoms with Gasteiger partial charge in [-0.2, -0.15) is 0 Å². The SMILES string of the molecule is O=C(COc1cccc(N2CCCC2=O)c1)NCCc1cccnc1. The smallest absolute Gasteiger partial charge is 0.257 e. The first kappa shape index (κ1) is 17.0. The topological polar surface area (TPSA) is 71.5 Å². The van der Waals surface area contributed by atoms with Gasteiger partial charge in [-0.05, 0) is 36.6 Å². The van der Waals surface area contributed by atoms with E-state index in [0.29, 0.717) is 18.7 Å². The highest BCUT2D eigenvalue weighted by molar-refractivity contribution is 5.95. The van der Waals surface area contributed by atoms with E-state index in [-0.39, 0.29) is 18.4 Å². The molecule has 1 aromatic carbocycles. The second-order valence-corrected chi connectivity index (χ2v) is 5.90. The molecule has 0 spiro atoms. The van der Waals surface area contributed by atoms with E-state index >= 15 is 0 Å². The van der Waals surface area contributed by atoms with Crippen LogP contribution in [-0.2, 0) is 16.0 Å². The van der Waals surface area contributed by atoms with E-state index in [1.54, 1.807) is 29.4 Å².